The minimum Gasteiger partial charge on any atom is -0.492 e. The smallest absolute Gasteiger partial charge is 0.251 e. The number of carbonyl (C=O) groups is 1. The van der Waals surface area contributed by atoms with Gasteiger partial charge in [0, 0.05) is 37.7 Å². The van der Waals surface area contributed by atoms with Gasteiger partial charge >= 0.3 is 0 Å². The molecule has 5 heteroatoms. The first kappa shape index (κ1) is 22.6. The van der Waals surface area contributed by atoms with Crippen LogP contribution in [0.25, 0.3) is 0 Å². The quantitative estimate of drug-likeness (QED) is 0.453. The van der Waals surface area contributed by atoms with Crippen LogP contribution in [0.15, 0.2) is 83.3 Å². The Balaban J connectivity index is 1.23. The normalized spacial score (nSPS) is 14.8. The number of likely N-dealkylation sites (tertiary alicyclic amines) is 1. The molecule has 3 aromatic carbocycles. The Bertz CT molecular complexity index is 1000. The monoisotopic (exact) mass is 492 g/mol. The molecule has 1 fully saturated rings. The summed E-state index contributed by atoms with van der Waals surface area (Å²) in [6, 6.07) is 26.6. The predicted octanol–water partition coefficient (Wildman–Crippen LogP) is 5.47. The SMILES string of the molecule is O=C(NC1CCN(Cc2ccccc2)CC1)c1ccc(OCCc2ccccc2)c(Br)c1. The van der Waals surface area contributed by atoms with Gasteiger partial charge in [-0.2, -0.15) is 0 Å². The lowest BCUT2D eigenvalue weighted by molar-refractivity contribution is 0.0909. The molecule has 4 rings (SSSR count). The van der Waals surface area contributed by atoms with E-state index < -0.39 is 0 Å². The van der Waals surface area contributed by atoms with E-state index in [9.17, 15) is 4.79 Å². The average Bonchev–Trinajstić information content (AvgIpc) is 2.83. The van der Waals surface area contributed by atoms with Crippen LogP contribution >= 0.6 is 15.9 Å². The number of benzene rings is 3. The molecule has 4 nitrogen and oxygen atoms in total. The standard InChI is InChI=1S/C27H29BrN2O2/c28-25-19-23(11-12-26(25)32-18-15-21-7-3-1-4-8-21)27(31)29-24-13-16-30(17-14-24)20-22-9-5-2-6-10-22/h1-12,19,24H,13-18,20H2,(H,29,31). The predicted molar refractivity (Wildman–Crippen MR) is 132 cm³/mol. The lowest BCUT2D eigenvalue weighted by atomic mass is 10.0. The van der Waals surface area contributed by atoms with Gasteiger partial charge in [-0.25, -0.2) is 0 Å². The van der Waals surface area contributed by atoms with Gasteiger partial charge in [0.15, 0.2) is 0 Å². The third-order valence-electron chi connectivity index (χ3n) is 5.86. The molecule has 0 bridgehead atoms. The topological polar surface area (TPSA) is 41.6 Å². The van der Waals surface area contributed by atoms with Crippen LogP contribution in [0, 0.1) is 0 Å². The van der Waals surface area contributed by atoms with E-state index >= 15 is 0 Å². The Hall–Kier alpha value is -2.63. The fourth-order valence-electron chi connectivity index (χ4n) is 4.03. The van der Waals surface area contributed by atoms with Crippen molar-refractivity contribution in [3.63, 3.8) is 0 Å². The summed E-state index contributed by atoms with van der Waals surface area (Å²) in [6.07, 6.45) is 2.79. The van der Waals surface area contributed by atoms with E-state index in [4.69, 9.17) is 4.74 Å². The summed E-state index contributed by atoms with van der Waals surface area (Å²) in [6.45, 7) is 3.56. The summed E-state index contributed by atoms with van der Waals surface area (Å²) in [5, 5.41) is 3.20. The molecule has 166 valence electrons. The second kappa shape index (κ2) is 11.3. The number of amides is 1. The fourth-order valence-corrected chi connectivity index (χ4v) is 4.52. The average molecular weight is 493 g/mol. The number of halogens is 1. The van der Waals surface area contributed by atoms with E-state index in [0.29, 0.717) is 12.2 Å². The van der Waals surface area contributed by atoms with E-state index in [0.717, 1.165) is 49.1 Å². The molecule has 0 atom stereocenters. The molecule has 1 heterocycles. The van der Waals surface area contributed by atoms with Gasteiger partial charge < -0.3 is 10.1 Å². The van der Waals surface area contributed by atoms with Crippen molar-refractivity contribution in [3.05, 3.63) is 100 Å². The molecule has 0 unspecified atom stereocenters. The van der Waals surface area contributed by atoms with Crippen molar-refractivity contribution >= 4 is 21.8 Å². The number of nitrogens with zero attached hydrogens (tertiary/aromatic N) is 1. The minimum absolute atomic E-state index is 0.0250. The van der Waals surface area contributed by atoms with E-state index in [1.165, 1.54) is 11.1 Å². The van der Waals surface area contributed by atoms with Crippen molar-refractivity contribution in [1.82, 2.24) is 10.2 Å². The summed E-state index contributed by atoms with van der Waals surface area (Å²) < 4.78 is 6.70. The Morgan fingerprint density at radius 3 is 2.25 bits per heavy atom. The van der Waals surface area contributed by atoms with E-state index in [-0.39, 0.29) is 11.9 Å². The van der Waals surface area contributed by atoms with Crippen LogP contribution in [0.2, 0.25) is 0 Å². The maximum Gasteiger partial charge on any atom is 0.251 e. The van der Waals surface area contributed by atoms with Crippen molar-refractivity contribution in [2.24, 2.45) is 0 Å². The molecule has 1 amide bonds. The number of carbonyl (C=O) groups excluding carboxylic acids is 1. The minimum atomic E-state index is -0.0250. The van der Waals surface area contributed by atoms with Crippen LogP contribution in [0.5, 0.6) is 5.75 Å². The first-order valence-corrected chi connectivity index (χ1v) is 12.0. The maximum atomic E-state index is 12.8. The van der Waals surface area contributed by atoms with Gasteiger partial charge in [-0.3, -0.25) is 9.69 Å². The molecule has 1 aliphatic heterocycles. The molecule has 0 aromatic heterocycles. The lowest BCUT2D eigenvalue weighted by Gasteiger charge is -2.32. The molecule has 0 saturated carbocycles. The number of nitrogens with one attached hydrogen (secondary N) is 1. The van der Waals surface area contributed by atoms with Crippen LogP contribution < -0.4 is 10.1 Å². The van der Waals surface area contributed by atoms with Gasteiger partial charge in [0.05, 0.1) is 11.1 Å². The zero-order chi connectivity index (χ0) is 22.2. The molecule has 0 radical (unpaired) electrons. The van der Waals surface area contributed by atoms with Gasteiger partial charge in [-0.05, 0) is 58.1 Å². The Labute approximate surface area is 198 Å². The lowest BCUT2D eigenvalue weighted by Crippen LogP contribution is -2.44. The van der Waals surface area contributed by atoms with Gasteiger partial charge in [-0.15, -0.1) is 0 Å². The molecule has 0 spiro atoms. The fraction of sp³-hybridized carbons (Fsp3) is 0.296. The van der Waals surface area contributed by atoms with Crippen LogP contribution in [0.3, 0.4) is 0 Å². The molecule has 0 aliphatic carbocycles. The van der Waals surface area contributed by atoms with Gasteiger partial charge in [0.1, 0.15) is 5.75 Å². The summed E-state index contributed by atoms with van der Waals surface area (Å²) in [7, 11) is 0. The summed E-state index contributed by atoms with van der Waals surface area (Å²) in [5.41, 5.74) is 3.24. The summed E-state index contributed by atoms with van der Waals surface area (Å²) in [4.78, 5) is 15.2. The molecule has 1 aliphatic rings. The first-order chi connectivity index (χ1) is 15.7. The molecular formula is C27H29BrN2O2. The maximum absolute atomic E-state index is 12.8. The van der Waals surface area contributed by atoms with Crippen LogP contribution in [-0.4, -0.2) is 36.5 Å². The highest BCUT2D eigenvalue weighted by molar-refractivity contribution is 9.10. The number of ether oxygens (including phenoxy) is 1. The van der Waals surface area contributed by atoms with Crippen molar-refractivity contribution in [1.29, 1.82) is 0 Å². The van der Waals surface area contributed by atoms with Crippen molar-refractivity contribution in [3.8, 4) is 5.75 Å². The highest BCUT2D eigenvalue weighted by Crippen LogP contribution is 2.26. The largest absolute Gasteiger partial charge is 0.492 e. The van der Waals surface area contributed by atoms with E-state index in [1.807, 2.05) is 42.5 Å². The second-order valence-corrected chi connectivity index (χ2v) is 9.09. The Morgan fingerprint density at radius 1 is 0.938 bits per heavy atom. The van der Waals surface area contributed by atoms with Crippen LogP contribution in [-0.2, 0) is 13.0 Å². The molecular weight excluding hydrogens is 464 g/mol. The Morgan fingerprint density at radius 2 is 1.59 bits per heavy atom. The Kier molecular flexibility index (Phi) is 7.97. The molecule has 3 aromatic rings. The van der Waals surface area contributed by atoms with Crippen molar-refractivity contribution in [2.75, 3.05) is 19.7 Å². The van der Waals surface area contributed by atoms with Crippen molar-refractivity contribution < 1.29 is 9.53 Å². The van der Waals surface area contributed by atoms with Gasteiger partial charge in [-0.1, -0.05) is 60.7 Å². The molecule has 1 N–H and O–H groups in total. The van der Waals surface area contributed by atoms with Gasteiger partial charge in [0.2, 0.25) is 0 Å². The third kappa shape index (κ3) is 6.44. The third-order valence-corrected chi connectivity index (χ3v) is 6.48. The molecule has 32 heavy (non-hydrogen) atoms. The number of hydrogen-bond donors (Lipinski definition) is 1. The van der Waals surface area contributed by atoms with E-state index in [1.54, 1.807) is 0 Å². The second-order valence-electron chi connectivity index (χ2n) is 8.24. The zero-order valence-electron chi connectivity index (χ0n) is 18.2. The van der Waals surface area contributed by atoms with Gasteiger partial charge in [0.25, 0.3) is 5.91 Å². The van der Waals surface area contributed by atoms with Crippen molar-refractivity contribution in [2.45, 2.75) is 31.8 Å². The highest BCUT2D eigenvalue weighted by atomic mass is 79.9. The zero-order valence-corrected chi connectivity index (χ0v) is 19.8. The number of hydrogen-bond acceptors (Lipinski definition) is 3. The molecule has 1 saturated heterocycles. The van der Waals surface area contributed by atoms with Crippen LogP contribution in [0.1, 0.15) is 34.3 Å². The highest BCUT2D eigenvalue weighted by Gasteiger charge is 2.21. The summed E-state index contributed by atoms with van der Waals surface area (Å²) >= 11 is 3.55. The number of rotatable bonds is 8. The summed E-state index contributed by atoms with van der Waals surface area (Å²) in [5.74, 6) is 0.731. The van der Waals surface area contributed by atoms with E-state index in [2.05, 4.69) is 62.5 Å². The van der Waals surface area contributed by atoms with Crippen LogP contribution in [0.4, 0.5) is 0 Å². The first-order valence-electron chi connectivity index (χ1n) is 11.2. The number of piperidine rings is 1.